The molecule has 94 valence electrons. The number of hydrogen-bond donors (Lipinski definition) is 1. The minimum Gasteiger partial charge on any atom is -0.314 e. The largest absolute Gasteiger partial charge is 0.314 e. The van der Waals surface area contributed by atoms with E-state index in [1.807, 2.05) is 0 Å². The molecule has 0 saturated heterocycles. The van der Waals surface area contributed by atoms with Crippen LogP contribution in [0.5, 0.6) is 0 Å². The highest BCUT2D eigenvalue weighted by Gasteiger charge is 2.39. The Morgan fingerprint density at radius 2 is 2.12 bits per heavy atom. The van der Waals surface area contributed by atoms with Gasteiger partial charge in [-0.1, -0.05) is 45.3 Å². The first-order valence-corrected chi connectivity index (χ1v) is 7.24. The molecule has 16 heavy (non-hydrogen) atoms. The van der Waals surface area contributed by atoms with Crippen molar-refractivity contribution in [3.05, 3.63) is 0 Å². The predicted molar refractivity (Wildman–Crippen MR) is 75.8 cm³/mol. The van der Waals surface area contributed by atoms with Crippen LogP contribution in [0.2, 0.25) is 5.82 Å². The van der Waals surface area contributed by atoms with Crippen LogP contribution in [0.1, 0.15) is 59.3 Å². The SMILES string of the molecule is BC(CCC1CCCC1(CC)NC)C(C)C. The van der Waals surface area contributed by atoms with E-state index in [9.17, 15) is 0 Å². The van der Waals surface area contributed by atoms with Crippen LogP contribution in [0, 0.1) is 11.8 Å². The third-order valence-corrected chi connectivity index (χ3v) is 5.19. The van der Waals surface area contributed by atoms with Gasteiger partial charge in [-0.3, -0.25) is 0 Å². The van der Waals surface area contributed by atoms with Gasteiger partial charge in [-0.25, -0.2) is 0 Å². The lowest BCUT2D eigenvalue weighted by atomic mass is 9.72. The van der Waals surface area contributed by atoms with Crippen LogP contribution < -0.4 is 5.32 Å². The summed E-state index contributed by atoms with van der Waals surface area (Å²) in [5.41, 5.74) is 0.469. The molecular formula is C14H30BN. The van der Waals surface area contributed by atoms with Gasteiger partial charge in [-0.05, 0) is 38.6 Å². The molecular weight excluding hydrogens is 193 g/mol. The van der Waals surface area contributed by atoms with E-state index in [1.54, 1.807) is 0 Å². The van der Waals surface area contributed by atoms with E-state index in [-0.39, 0.29) is 0 Å². The molecule has 0 spiro atoms. The summed E-state index contributed by atoms with van der Waals surface area (Å²) in [6.07, 6.45) is 8.39. The lowest BCUT2D eigenvalue weighted by Crippen LogP contribution is -2.45. The van der Waals surface area contributed by atoms with E-state index in [4.69, 9.17) is 0 Å². The molecule has 3 atom stereocenters. The van der Waals surface area contributed by atoms with E-state index >= 15 is 0 Å². The van der Waals surface area contributed by atoms with E-state index in [0.717, 1.165) is 17.7 Å². The molecule has 2 heteroatoms. The summed E-state index contributed by atoms with van der Waals surface area (Å²) in [5.74, 6) is 2.64. The zero-order chi connectivity index (χ0) is 12.2. The maximum absolute atomic E-state index is 3.63. The van der Waals surface area contributed by atoms with Crippen molar-refractivity contribution in [2.75, 3.05) is 7.05 Å². The Balaban J connectivity index is 2.47. The molecule has 1 N–H and O–H groups in total. The Morgan fingerprint density at radius 3 is 2.62 bits per heavy atom. The molecule has 1 rings (SSSR count). The van der Waals surface area contributed by atoms with Gasteiger partial charge >= 0.3 is 0 Å². The normalized spacial score (nSPS) is 32.2. The van der Waals surface area contributed by atoms with Crippen LogP contribution in [-0.4, -0.2) is 20.4 Å². The van der Waals surface area contributed by atoms with Crippen molar-refractivity contribution in [3.63, 3.8) is 0 Å². The fourth-order valence-corrected chi connectivity index (χ4v) is 3.33. The predicted octanol–water partition coefficient (Wildman–Crippen LogP) is 3.01. The lowest BCUT2D eigenvalue weighted by molar-refractivity contribution is 0.232. The number of nitrogens with one attached hydrogen (secondary N) is 1. The van der Waals surface area contributed by atoms with Gasteiger partial charge in [0.15, 0.2) is 0 Å². The van der Waals surface area contributed by atoms with Crippen LogP contribution in [0.25, 0.3) is 0 Å². The summed E-state index contributed by atoms with van der Waals surface area (Å²) < 4.78 is 0. The summed E-state index contributed by atoms with van der Waals surface area (Å²) in [6, 6.07) is 0. The first-order valence-electron chi connectivity index (χ1n) is 7.24. The van der Waals surface area contributed by atoms with E-state index in [2.05, 4.69) is 41.0 Å². The van der Waals surface area contributed by atoms with Gasteiger partial charge in [0.05, 0.1) is 0 Å². The zero-order valence-electron chi connectivity index (χ0n) is 12.0. The first-order chi connectivity index (χ1) is 7.55. The molecule has 0 heterocycles. The number of hydrogen-bond acceptors (Lipinski definition) is 1. The van der Waals surface area contributed by atoms with Gasteiger partial charge in [-0.2, -0.15) is 0 Å². The third kappa shape index (κ3) is 3.03. The van der Waals surface area contributed by atoms with Crippen molar-refractivity contribution < 1.29 is 0 Å². The fourth-order valence-electron chi connectivity index (χ4n) is 3.33. The van der Waals surface area contributed by atoms with Crippen LogP contribution in [0.4, 0.5) is 0 Å². The van der Waals surface area contributed by atoms with Crippen molar-refractivity contribution in [2.45, 2.75) is 70.7 Å². The Labute approximate surface area is 103 Å². The molecule has 0 bridgehead atoms. The van der Waals surface area contributed by atoms with Gasteiger partial charge in [0.2, 0.25) is 0 Å². The molecule has 1 aliphatic rings. The Kier molecular flexibility index (Phi) is 5.36. The van der Waals surface area contributed by atoms with Gasteiger partial charge in [0.25, 0.3) is 0 Å². The Hall–Kier alpha value is 0.0249. The molecule has 1 nitrogen and oxygen atoms in total. The van der Waals surface area contributed by atoms with Crippen LogP contribution in [0.15, 0.2) is 0 Å². The van der Waals surface area contributed by atoms with E-state index in [0.29, 0.717) is 5.54 Å². The fraction of sp³-hybridized carbons (Fsp3) is 1.00. The molecule has 0 radical (unpaired) electrons. The maximum Gasteiger partial charge on any atom is 0.105 e. The summed E-state index contributed by atoms with van der Waals surface area (Å²) in [7, 11) is 4.57. The van der Waals surface area contributed by atoms with Gasteiger partial charge in [0.1, 0.15) is 7.85 Å². The van der Waals surface area contributed by atoms with Crippen molar-refractivity contribution in [2.24, 2.45) is 11.8 Å². The van der Waals surface area contributed by atoms with E-state index < -0.39 is 0 Å². The molecule has 0 amide bonds. The highest BCUT2D eigenvalue weighted by Crippen LogP contribution is 2.41. The van der Waals surface area contributed by atoms with Crippen LogP contribution >= 0.6 is 0 Å². The molecule has 1 fully saturated rings. The second-order valence-electron chi connectivity index (χ2n) is 6.15. The van der Waals surface area contributed by atoms with Crippen LogP contribution in [-0.2, 0) is 0 Å². The molecule has 0 aliphatic heterocycles. The summed E-state index contributed by atoms with van der Waals surface area (Å²) in [5, 5.41) is 3.63. The summed E-state index contributed by atoms with van der Waals surface area (Å²) in [4.78, 5) is 0. The summed E-state index contributed by atoms with van der Waals surface area (Å²) in [6.45, 7) is 7.05. The van der Waals surface area contributed by atoms with Gasteiger partial charge in [0, 0.05) is 5.54 Å². The topological polar surface area (TPSA) is 12.0 Å². The smallest absolute Gasteiger partial charge is 0.105 e. The average molecular weight is 223 g/mol. The van der Waals surface area contributed by atoms with Crippen molar-refractivity contribution in [3.8, 4) is 0 Å². The minimum atomic E-state index is 0.469. The second kappa shape index (κ2) is 6.09. The Morgan fingerprint density at radius 1 is 1.44 bits per heavy atom. The molecule has 0 aromatic rings. The highest BCUT2D eigenvalue weighted by atomic mass is 15.0. The lowest BCUT2D eigenvalue weighted by Gasteiger charge is -2.35. The molecule has 3 unspecified atom stereocenters. The highest BCUT2D eigenvalue weighted by molar-refractivity contribution is 6.11. The van der Waals surface area contributed by atoms with E-state index in [1.165, 1.54) is 38.5 Å². The molecule has 0 aromatic heterocycles. The summed E-state index contributed by atoms with van der Waals surface area (Å²) >= 11 is 0. The average Bonchev–Trinajstić information content (AvgIpc) is 2.69. The van der Waals surface area contributed by atoms with Gasteiger partial charge < -0.3 is 5.32 Å². The van der Waals surface area contributed by atoms with Crippen molar-refractivity contribution in [1.82, 2.24) is 5.32 Å². The molecule has 0 aromatic carbocycles. The van der Waals surface area contributed by atoms with Gasteiger partial charge in [-0.15, -0.1) is 0 Å². The first kappa shape index (κ1) is 14.1. The second-order valence-corrected chi connectivity index (χ2v) is 6.15. The maximum atomic E-state index is 3.63. The standard InChI is InChI=1S/C14H30BN/c1-5-14(16-4)10-6-7-12(14)8-9-13(15)11(2)3/h11-13,16H,5-10,15H2,1-4H3. The zero-order valence-corrected chi connectivity index (χ0v) is 12.0. The van der Waals surface area contributed by atoms with Crippen molar-refractivity contribution in [1.29, 1.82) is 0 Å². The monoisotopic (exact) mass is 223 g/mol. The number of rotatable bonds is 6. The third-order valence-electron chi connectivity index (χ3n) is 5.19. The minimum absolute atomic E-state index is 0.469. The molecule has 1 aliphatic carbocycles. The Bertz CT molecular complexity index is 199. The van der Waals surface area contributed by atoms with Crippen molar-refractivity contribution >= 4 is 7.85 Å². The quantitative estimate of drug-likeness (QED) is 0.682. The molecule has 1 saturated carbocycles. The van der Waals surface area contributed by atoms with Crippen LogP contribution in [0.3, 0.4) is 0 Å².